The van der Waals surface area contributed by atoms with E-state index in [1.165, 1.54) is 6.07 Å². The summed E-state index contributed by atoms with van der Waals surface area (Å²) in [6, 6.07) is 8.66. The third-order valence-electron chi connectivity index (χ3n) is 2.97. The van der Waals surface area contributed by atoms with Crippen LogP contribution >= 0.6 is 0 Å². The molecule has 1 heterocycles. The van der Waals surface area contributed by atoms with Crippen molar-refractivity contribution in [2.75, 3.05) is 6.54 Å². The fourth-order valence-electron chi connectivity index (χ4n) is 2.07. The van der Waals surface area contributed by atoms with E-state index in [0.29, 0.717) is 0 Å². The maximum absolute atomic E-state index is 13.2. The highest BCUT2D eigenvalue weighted by atomic mass is 19.1. The summed E-state index contributed by atoms with van der Waals surface area (Å²) in [5.74, 6) is 0.656. The smallest absolute Gasteiger partial charge is 0.125 e. The molecule has 1 atom stereocenters. The Hall–Kier alpha value is -1.61. The Morgan fingerprint density at radius 2 is 2.17 bits per heavy atom. The predicted octanol–water partition coefficient (Wildman–Crippen LogP) is 3.82. The molecule has 1 aromatic carbocycles. The van der Waals surface area contributed by atoms with Crippen LogP contribution in [0.25, 0.3) is 0 Å². The van der Waals surface area contributed by atoms with Crippen molar-refractivity contribution in [2.24, 2.45) is 0 Å². The molecule has 0 saturated carbocycles. The second-order valence-corrected chi connectivity index (χ2v) is 4.40. The minimum Gasteiger partial charge on any atom is -0.467 e. The standard InChI is InChI=1S/C15H18FNO/c1-3-8-17-15(14-5-4-9-18-14)13-7-6-12(16)10-11(13)2/h4-7,9-10,15,17H,3,8H2,1-2H3. The zero-order valence-corrected chi connectivity index (χ0v) is 10.7. The maximum atomic E-state index is 13.2. The fourth-order valence-corrected chi connectivity index (χ4v) is 2.07. The van der Waals surface area contributed by atoms with E-state index in [-0.39, 0.29) is 11.9 Å². The molecule has 1 aromatic heterocycles. The van der Waals surface area contributed by atoms with Gasteiger partial charge in [0.15, 0.2) is 0 Å². The summed E-state index contributed by atoms with van der Waals surface area (Å²) in [5, 5.41) is 3.43. The van der Waals surface area contributed by atoms with Gasteiger partial charge in [-0.15, -0.1) is 0 Å². The van der Waals surface area contributed by atoms with E-state index in [4.69, 9.17) is 4.42 Å². The van der Waals surface area contributed by atoms with E-state index in [9.17, 15) is 4.39 Å². The van der Waals surface area contributed by atoms with Crippen LogP contribution in [-0.4, -0.2) is 6.54 Å². The lowest BCUT2D eigenvalue weighted by atomic mass is 9.99. The average molecular weight is 247 g/mol. The molecule has 0 aliphatic carbocycles. The van der Waals surface area contributed by atoms with Crippen LogP contribution in [0.1, 0.15) is 36.3 Å². The van der Waals surface area contributed by atoms with Gasteiger partial charge in [0.1, 0.15) is 11.6 Å². The Morgan fingerprint density at radius 1 is 1.33 bits per heavy atom. The molecule has 0 aliphatic rings. The number of hydrogen-bond donors (Lipinski definition) is 1. The molecule has 0 aliphatic heterocycles. The van der Waals surface area contributed by atoms with Gasteiger partial charge in [0, 0.05) is 0 Å². The lowest BCUT2D eigenvalue weighted by molar-refractivity contribution is 0.445. The number of hydrogen-bond acceptors (Lipinski definition) is 2. The number of halogens is 1. The summed E-state index contributed by atoms with van der Waals surface area (Å²) >= 11 is 0. The molecule has 0 radical (unpaired) electrons. The Balaban J connectivity index is 2.33. The van der Waals surface area contributed by atoms with Crippen molar-refractivity contribution in [3.05, 3.63) is 59.3 Å². The summed E-state index contributed by atoms with van der Waals surface area (Å²) < 4.78 is 18.6. The highest BCUT2D eigenvalue weighted by Crippen LogP contribution is 2.25. The number of benzene rings is 1. The molecule has 0 bridgehead atoms. The molecule has 0 fully saturated rings. The van der Waals surface area contributed by atoms with E-state index in [1.807, 2.05) is 25.1 Å². The van der Waals surface area contributed by atoms with Crippen molar-refractivity contribution in [3.63, 3.8) is 0 Å². The third kappa shape index (κ3) is 2.79. The Morgan fingerprint density at radius 3 is 2.78 bits per heavy atom. The van der Waals surface area contributed by atoms with Gasteiger partial charge in [0.2, 0.25) is 0 Å². The molecule has 0 saturated heterocycles. The third-order valence-corrected chi connectivity index (χ3v) is 2.97. The minimum absolute atomic E-state index is 0.0134. The maximum Gasteiger partial charge on any atom is 0.125 e. The predicted molar refractivity (Wildman–Crippen MR) is 70.0 cm³/mol. The number of rotatable bonds is 5. The average Bonchev–Trinajstić information content (AvgIpc) is 2.85. The van der Waals surface area contributed by atoms with Crippen molar-refractivity contribution in [2.45, 2.75) is 26.3 Å². The molecule has 0 amide bonds. The van der Waals surface area contributed by atoms with Crippen LogP contribution in [0.3, 0.4) is 0 Å². The molecular weight excluding hydrogens is 229 g/mol. The molecular formula is C15H18FNO. The molecule has 1 N–H and O–H groups in total. The van der Waals surface area contributed by atoms with Crippen molar-refractivity contribution in [3.8, 4) is 0 Å². The van der Waals surface area contributed by atoms with Gasteiger partial charge in [-0.05, 0) is 55.3 Å². The van der Waals surface area contributed by atoms with Gasteiger partial charge in [0.25, 0.3) is 0 Å². The van der Waals surface area contributed by atoms with E-state index in [1.54, 1.807) is 12.3 Å². The van der Waals surface area contributed by atoms with Crippen LogP contribution in [0.5, 0.6) is 0 Å². The molecule has 0 spiro atoms. The molecule has 18 heavy (non-hydrogen) atoms. The number of aryl methyl sites for hydroxylation is 1. The number of nitrogens with one attached hydrogen (secondary N) is 1. The molecule has 2 nitrogen and oxygen atoms in total. The second kappa shape index (κ2) is 5.83. The fraction of sp³-hybridized carbons (Fsp3) is 0.333. The first-order valence-electron chi connectivity index (χ1n) is 6.25. The van der Waals surface area contributed by atoms with Gasteiger partial charge in [-0.25, -0.2) is 4.39 Å². The topological polar surface area (TPSA) is 25.2 Å². The molecule has 2 rings (SSSR count). The highest BCUT2D eigenvalue weighted by Gasteiger charge is 2.18. The monoisotopic (exact) mass is 247 g/mol. The van der Waals surface area contributed by atoms with E-state index < -0.39 is 0 Å². The van der Waals surface area contributed by atoms with Crippen LogP contribution < -0.4 is 5.32 Å². The van der Waals surface area contributed by atoms with Crippen molar-refractivity contribution < 1.29 is 8.81 Å². The Labute approximate surface area is 107 Å². The molecule has 1 unspecified atom stereocenters. The lowest BCUT2D eigenvalue weighted by Crippen LogP contribution is -2.23. The van der Waals surface area contributed by atoms with Gasteiger partial charge in [-0.3, -0.25) is 0 Å². The summed E-state index contributed by atoms with van der Waals surface area (Å²) in [7, 11) is 0. The van der Waals surface area contributed by atoms with Crippen molar-refractivity contribution in [1.29, 1.82) is 0 Å². The summed E-state index contributed by atoms with van der Waals surface area (Å²) in [4.78, 5) is 0. The number of furan rings is 1. The molecule has 96 valence electrons. The van der Waals surface area contributed by atoms with Crippen molar-refractivity contribution in [1.82, 2.24) is 5.32 Å². The van der Waals surface area contributed by atoms with Gasteiger partial charge >= 0.3 is 0 Å². The van der Waals surface area contributed by atoms with Crippen LogP contribution in [-0.2, 0) is 0 Å². The first-order chi connectivity index (χ1) is 8.72. The van der Waals surface area contributed by atoms with E-state index in [2.05, 4.69) is 12.2 Å². The molecule has 2 aromatic rings. The van der Waals surface area contributed by atoms with E-state index in [0.717, 1.165) is 29.9 Å². The highest BCUT2D eigenvalue weighted by molar-refractivity contribution is 5.34. The van der Waals surface area contributed by atoms with Gasteiger partial charge in [0.05, 0.1) is 12.3 Å². The van der Waals surface area contributed by atoms with Crippen molar-refractivity contribution >= 4 is 0 Å². The first kappa shape index (κ1) is 12.8. The van der Waals surface area contributed by atoms with Gasteiger partial charge in [-0.2, -0.15) is 0 Å². The lowest BCUT2D eigenvalue weighted by Gasteiger charge is -2.19. The summed E-state index contributed by atoms with van der Waals surface area (Å²) in [5.41, 5.74) is 1.99. The Kier molecular flexibility index (Phi) is 4.15. The Bertz CT molecular complexity index is 493. The largest absolute Gasteiger partial charge is 0.467 e. The van der Waals surface area contributed by atoms with Crippen LogP contribution in [0.2, 0.25) is 0 Å². The summed E-state index contributed by atoms with van der Waals surface area (Å²) in [6.45, 7) is 4.92. The SMILES string of the molecule is CCCNC(c1ccco1)c1ccc(F)cc1C. The second-order valence-electron chi connectivity index (χ2n) is 4.40. The first-order valence-corrected chi connectivity index (χ1v) is 6.25. The van der Waals surface area contributed by atoms with Crippen LogP contribution in [0.15, 0.2) is 41.0 Å². The van der Waals surface area contributed by atoms with Crippen LogP contribution in [0.4, 0.5) is 4.39 Å². The molecule has 3 heteroatoms. The van der Waals surface area contributed by atoms with E-state index >= 15 is 0 Å². The van der Waals surface area contributed by atoms with Crippen LogP contribution in [0, 0.1) is 12.7 Å². The normalized spacial score (nSPS) is 12.6. The summed E-state index contributed by atoms with van der Waals surface area (Å²) in [6.07, 6.45) is 2.70. The van der Waals surface area contributed by atoms with Gasteiger partial charge < -0.3 is 9.73 Å². The zero-order chi connectivity index (χ0) is 13.0. The quantitative estimate of drug-likeness (QED) is 0.869. The van der Waals surface area contributed by atoms with Gasteiger partial charge in [-0.1, -0.05) is 13.0 Å². The minimum atomic E-state index is -0.204. The zero-order valence-electron chi connectivity index (χ0n) is 10.7.